The van der Waals surface area contributed by atoms with Crippen molar-refractivity contribution in [2.75, 3.05) is 14.2 Å². The predicted octanol–water partition coefficient (Wildman–Crippen LogP) is 10.1. The molecule has 18 heteroatoms. The van der Waals surface area contributed by atoms with Crippen LogP contribution in [-0.4, -0.2) is 78.6 Å². The number of ketones is 4. The van der Waals surface area contributed by atoms with Crippen molar-refractivity contribution in [1.29, 1.82) is 0 Å². The van der Waals surface area contributed by atoms with Gasteiger partial charge < -0.3 is 28.8 Å². The van der Waals surface area contributed by atoms with Crippen LogP contribution in [0.4, 0.5) is 0 Å². The van der Waals surface area contributed by atoms with Crippen molar-refractivity contribution in [3.63, 3.8) is 0 Å². The van der Waals surface area contributed by atoms with E-state index in [1.807, 2.05) is 0 Å². The third-order valence-electron chi connectivity index (χ3n) is 12.7. The molecule has 0 radical (unpaired) electrons. The largest absolute Gasteiger partial charge is 0.495 e. The maximum atomic E-state index is 13.6. The van der Waals surface area contributed by atoms with E-state index in [0.717, 1.165) is 0 Å². The van der Waals surface area contributed by atoms with Crippen LogP contribution in [0.3, 0.4) is 0 Å². The van der Waals surface area contributed by atoms with E-state index in [0.29, 0.717) is 65.9 Å². The first-order chi connectivity index (χ1) is 37.3. The summed E-state index contributed by atoms with van der Waals surface area (Å²) in [5.74, 6) is -2.51. The molecule has 2 atom stereocenters. The van der Waals surface area contributed by atoms with Crippen LogP contribution in [0.5, 0.6) is 11.5 Å². The van der Waals surface area contributed by atoms with Gasteiger partial charge in [0.2, 0.25) is 0 Å². The molecule has 16 nitrogen and oxygen atoms in total. The average molecular weight is 1090 g/mol. The second-order valence-corrected chi connectivity index (χ2v) is 18.7. The third kappa shape index (κ3) is 13.8. The Hall–Kier alpha value is -9.12. The van der Waals surface area contributed by atoms with E-state index in [-0.39, 0.29) is 71.4 Å². The summed E-state index contributed by atoms with van der Waals surface area (Å²) in [6.07, 6.45) is 6.36. The highest BCUT2D eigenvalue weighted by molar-refractivity contribution is 6.31. The van der Waals surface area contributed by atoms with E-state index < -0.39 is 35.1 Å². The quantitative estimate of drug-likeness (QED) is 0.0677. The fraction of sp³-hybridized carbons (Fsp3) is 0.167. The summed E-state index contributed by atoms with van der Waals surface area (Å²) in [7, 11) is 2.87. The number of halogens is 2. The SMILES string of the molecule is COc1cn([C@@H](Cc2ccccn2)C(=O)Cc2ccc(C(=O)O)cc2)c(=O)cc1-c1cc(Cl)ccc1C(C)=O.COc1cn([C@H](Cc2ccccn2)C(=O)Cc2ccc(C(=O)O)cc2)c(=O)cc1-c1cc(Cl)ccc1C(C)=O. The van der Waals surface area contributed by atoms with Gasteiger partial charge in [-0.15, -0.1) is 0 Å². The molecule has 0 spiro atoms. The molecule has 4 heterocycles. The number of methoxy groups -OCH3 is 2. The minimum absolute atomic E-state index is 0.0311. The summed E-state index contributed by atoms with van der Waals surface area (Å²) in [5, 5.41) is 19.1. The van der Waals surface area contributed by atoms with Gasteiger partial charge >= 0.3 is 11.9 Å². The van der Waals surface area contributed by atoms with E-state index in [4.69, 9.17) is 42.9 Å². The van der Waals surface area contributed by atoms with Crippen LogP contribution in [-0.2, 0) is 35.3 Å². The predicted molar refractivity (Wildman–Crippen MR) is 294 cm³/mol. The standard InChI is InChI=1S/2C30H25ClN2O6/c2*1-18(34)23-11-10-21(31)14-24(23)25-16-29(36)33(17-28(25)39-2)26(15-22-5-3-4-12-32-22)27(35)13-19-6-8-20(9-7-19)30(37)38/h2*3-12,14,16-17,26H,13,15H2,1-2H3,(H,37,38)/t2*26-/m10/s1. The molecule has 0 fully saturated rings. The molecule has 4 aromatic carbocycles. The third-order valence-corrected chi connectivity index (χ3v) is 13.1. The van der Waals surface area contributed by atoms with Crippen LogP contribution in [0.25, 0.3) is 22.3 Å². The van der Waals surface area contributed by atoms with Gasteiger partial charge in [-0.1, -0.05) is 59.6 Å². The van der Waals surface area contributed by atoms with Gasteiger partial charge in [0.25, 0.3) is 11.1 Å². The van der Waals surface area contributed by atoms with Gasteiger partial charge in [-0.3, -0.25) is 38.7 Å². The van der Waals surface area contributed by atoms with Gasteiger partial charge in [0.05, 0.1) is 37.7 Å². The zero-order valence-corrected chi connectivity index (χ0v) is 44.0. The van der Waals surface area contributed by atoms with Gasteiger partial charge in [0.1, 0.15) is 23.6 Å². The number of hydrogen-bond donors (Lipinski definition) is 2. The molecule has 0 unspecified atom stereocenters. The number of hydrogen-bond acceptors (Lipinski definition) is 12. The van der Waals surface area contributed by atoms with Gasteiger partial charge in [0, 0.05) is 93.9 Å². The highest BCUT2D eigenvalue weighted by Gasteiger charge is 2.28. The molecule has 0 bridgehead atoms. The number of pyridine rings is 4. The summed E-state index contributed by atoms with van der Waals surface area (Å²) >= 11 is 12.4. The number of carboxylic acid groups (broad SMARTS) is 2. The second kappa shape index (κ2) is 25.6. The zero-order valence-electron chi connectivity index (χ0n) is 42.5. The van der Waals surface area contributed by atoms with E-state index in [2.05, 4.69) is 9.97 Å². The molecule has 0 saturated carbocycles. The fourth-order valence-electron chi connectivity index (χ4n) is 8.72. The molecule has 0 amide bonds. The molecular formula is C60H50Cl2N4O12. The van der Waals surface area contributed by atoms with Crippen molar-refractivity contribution in [2.45, 2.75) is 51.6 Å². The van der Waals surface area contributed by atoms with Crippen molar-refractivity contribution in [2.24, 2.45) is 0 Å². The second-order valence-electron chi connectivity index (χ2n) is 17.9. The minimum Gasteiger partial charge on any atom is -0.495 e. The first-order valence-corrected chi connectivity index (χ1v) is 24.8. The fourth-order valence-corrected chi connectivity index (χ4v) is 9.06. The number of benzene rings is 4. The van der Waals surface area contributed by atoms with Gasteiger partial charge in [-0.05, 0) is 121 Å². The van der Waals surface area contributed by atoms with Crippen molar-refractivity contribution in [1.82, 2.24) is 19.1 Å². The Bertz CT molecular complexity index is 3440. The molecule has 4 aromatic heterocycles. The van der Waals surface area contributed by atoms with Gasteiger partial charge in [-0.2, -0.15) is 0 Å². The molecule has 0 aliphatic heterocycles. The monoisotopic (exact) mass is 1090 g/mol. The van der Waals surface area contributed by atoms with E-state index >= 15 is 0 Å². The molecule has 78 heavy (non-hydrogen) atoms. The Morgan fingerprint density at radius 2 is 0.885 bits per heavy atom. The zero-order chi connectivity index (χ0) is 56.2. The number of carbonyl (C=O) groups excluding carboxylic acids is 4. The van der Waals surface area contributed by atoms with E-state index in [9.17, 15) is 38.4 Å². The Kier molecular flexibility index (Phi) is 18.6. The van der Waals surface area contributed by atoms with Crippen LogP contribution in [0.2, 0.25) is 10.0 Å². The highest BCUT2D eigenvalue weighted by Crippen LogP contribution is 2.36. The first-order valence-electron chi connectivity index (χ1n) is 24.1. The lowest BCUT2D eigenvalue weighted by Gasteiger charge is -2.21. The molecule has 0 aliphatic carbocycles. The van der Waals surface area contributed by atoms with Crippen molar-refractivity contribution in [3.05, 3.63) is 234 Å². The number of nitrogens with zero attached hydrogens (tertiary/aromatic N) is 4. The summed E-state index contributed by atoms with van der Waals surface area (Å²) in [4.78, 5) is 110. The smallest absolute Gasteiger partial charge is 0.335 e. The molecule has 396 valence electrons. The molecule has 8 aromatic rings. The average Bonchev–Trinajstić information content (AvgIpc) is 3.43. The molecular weight excluding hydrogens is 1040 g/mol. The van der Waals surface area contributed by atoms with Crippen molar-refractivity contribution < 1.29 is 48.5 Å². The van der Waals surface area contributed by atoms with E-state index in [1.54, 1.807) is 109 Å². The van der Waals surface area contributed by atoms with Crippen LogP contribution < -0.4 is 20.6 Å². The number of carboxylic acids is 2. The lowest BCUT2D eigenvalue weighted by atomic mass is 9.96. The topological polar surface area (TPSA) is 231 Å². The number of carbonyl (C=O) groups is 6. The Morgan fingerprint density at radius 3 is 1.19 bits per heavy atom. The van der Waals surface area contributed by atoms with Gasteiger partial charge in [-0.25, -0.2) is 9.59 Å². The molecule has 8 rings (SSSR count). The van der Waals surface area contributed by atoms with Crippen LogP contribution in [0.1, 0.15) is 89.9 Å². The Labute approximate surface area is 457 Å². The number of ether oxygens (including phenoxy) is 2. The lowest BCUT2D eigenvalue weighted by Crippen LogP contribution is -2.32. The maximum Gasteiger partial charge on any atom is 0.335 e. The normalized spacial score (nSPS) is 11.6. The summed E-state index contributed by atoms with van der Waals surface area (Å²) in [6.45, 7) is 2.84. The molecule has 2 N–H and O–H groups in total. The van der Waals surface area contributed by atoms with E-state index in [1.165, 1.54) is 86.0 Å². The van der Waals surface area contributed by atoms with Crippen LogP contribution in [0.15, 0.2) is 168 Å². The number of Topliss-reactive ketones (excluding diaryl/α,β-unsaturated/α-hetero) is 4. The maximum absolute atomic E-state index is 13.6. The lowest BCUT2D eigenvalue weighted by molar-refractivity contribution is -0.122. The first kappa shape index (κ1) is 56.6. The summed E-state index contributed by atoms with van der Waals surface area (Å²) in [5.41, 5.74) is 4.10. The van der Waals surface area contributed by atoms with Crippen molar-refractivity contribution >= 4 is 58.3 Å². The molecule has 0 saturated heterocycles. The minimum atomic E-state index is -1.06. The molecule has 0 aliphatic rings. The van der Waals surface area contributed by atoms with Gasteiger partial charge in [0.15, 0.2) is 23.1 Å². The number of aromatic nitrogens is 4. The Balaban J connectivity index is 0.000000226. The summed E-state index contributed by atoms with van der Waals surface area (Å²) in [6, 6.07) is 33.0. The number of rotatable bonds is 20. The Morgan fingerprint density at radius 1 is 0.513 bits per heavy atom. The van der Waals surface area contributed by atoms with Crippen LogP contribution >= 0.6 is 23.2 Å². The van der Waals surface area contributed by atoms with Crippen molar-refractivity contribution in [3.8, 4) is 33.8 Å². The van der Waals surface area contributed by atoms with Crippen LogP contribution in [0, 0.1) is 0 Å². The highest BCUT2D eigenvalue weighted by atomic mass is 35.5. The summed E-state index contributed by atoms with van der Waals surface area (Å²) < 4.78 is 13.8. The number of aromatic carboxylic acids is 2.